The molecule has 2 fully saturated rings. The summed E-state index contributed by atoms with van der Waals surface area (Å²) in [4.78, 5) is 0. The molecule has 1 saturated carbocycles. The van der Waals surface area contributed by atoms with Gasteiger partial charge in [0, 0.05) is 23.9 Å². The van der Waals surface area contributed by atoms with Crippen molar-refractivity contribution in [2.75, 3.05) is 12.9 Å². The monoisotopic (exact) mass is 229 g/mol. The van der Waals surface area contributed by atoms with Gasteiger partial charge in [-0.2, -0.15) is 11.8 Å². The van der Waals surface area contributed by atoms with Crippen LogP contribution in [0.4, 0.5) is 0 Å². The Balaban J connectivity index is 1.78. The molecule has 1 saturated heterocycles. The summed E-state index contributed by atoms with van der Waals surface area (Å²) in [5.41, 5.74) is 0. The largest absolute Gasteiger partial charge is 0.377 e. The lowest BCUT2D eigenvalue weighted by Crippen LogP contribution is -2.44. The van der Waals surface area contributed by atoms with E-state index >= 15 is 0 Å². The molecule has 2 aliphatic rings. The predicted molar refractivity (Wildman–Crippen MR) is 66.5 cm³/mol. The SMILES string of the molecule is CSC1CCCC(NC2CCOC2C)C1. The fraction of sp³-hybridized carbons (Fsp3) is 1.00. The van der Waals surface area contributed by atoms with E-state index < -0.39 is 0 Å². The summed E-state index contributed by atoms with van der Waals surface area (Å²) in [6, 6.07) is 1.35. The summed E-state index contributed by atoms with van der Waals surface area (Å²) >= 11 is 2.04. The third kappa shape index (κ3) is 3.11. The van der Waals surface area contributed by atoms with Gasteiger partial charge in [0.2, 0.25) is 0 Å². The van der Waals surface area contributed by atoms with Gasteiger partial charge in [-0.05, 0) is 38.9 Å². The second-order valence-corrected chi connectivity index (χ2v) is 6.00. The maximum absolute atomic E-state index is 5.59. The summed E-state index contributed by atoms with van der Waals surface area (Å²) < 4.78 is 5.59. The van der Waals surface area contributed by atoms with Crippen molar-refractivity contribution in [1.82, 2.24) is 5.32 Å². The van der Waals surface area contributed by atoms with Crippen molar-refractivity contribution in [2.24, 2.45) is 0 Å². The second kappa shape index (κ2) is 5.55. The van der Waals surface area contributed by atoms with Crippen LogP contribution < -0.4 is 5.32 Å². The van der Waals surface area contributed by atoms with E-state index in [9.17, 15) is 0 Å². The van der Waals surface area contributed by atoms with Crippen LogP contribution in [-0.4, -0.2) is 36.3 Å². The van der Waals surface area contributed by atoms with Crippen molar-refractivity contribution in [2.45, 2.75) is 62.5 Å². The summed E-state index contributed by atoms with van der Waals surface area (Å²) in [5, 5.41) is 4.68. The molecule has 15 heavy (non-hydrogen) atoms. The van der Waals surface area contributed by atoms with E-state index in [4.69, 9.17) is 4.74 Å². The highest BCUT2D eigenvalue weighted by molar-refractivity contribution is 7.99. The standard InChI is InChI=1S/C12H23NOS/c1-9-12(6-7-14-9)13-10-4-3-5-11(8-10)15-2/h9-13H,3-8H2,1-2H3. The van der Waals surface area contributed by atoms with Crippen molar-refractivity contribution in [1.29, 1.82) is 0 Å². The molecular weight excluding hydrogens is 206 g/mol. The Kier molecular flexibility index (Phi) is 4.35. The van der Waals surface area contributed by atoms with Gasteiger partial charge >= 0.3 is 0 Å². The van der Waals surface area contributed by atoms with Gasteiger partial charge in [0.25, 0.3) is 0 Å². The molecule has 4 unspecified atom stereocenters. The molecule has 1 aliphatic carbocycles. The summed E-state index contributed by atoms with van der Waals surface area (Å²) in [6.45, 7) is 3.14. The van der Waals surface area contributed by atoms with Gasteiger partial charge in [0.05, 0.1) is 6.10 Å². The van der Waals surface area contributed by atoms with Crippen LogP contribution in [0.1, 0.15) is 39.0 Å². The van der Waals surface area contributed by atoms with E-state index in [-0.39, 0.29) is 0 Å². The van der Waals surface area contributed by atoms with E-state index in [1.54, 1.807) is 0 Å². The Bertz CT molecular complexity index is 200. The first kappa shape index (κ1) is 11.7. The lowest BCUT2D eigenvalue weighted by Gasteiger charge is -2.31. The molecule has 1 heterocycles. The van der Waals surface area contributed by atoms with Crippen LogP contribution in [0.2, 0.25) is 0 Å². The Hall–Kier alpha value is 0.270. The number of hydrogen-bond acceptors (Lipinski definition) is 3. The van der Waals surface area contributed by atoms with Gasteiger partial charge in [0.1, 0.15) is 0 Å². The van der Waals surface area contributed by atoms with E-state index in [1.807, 2.05) is 11.8 Å². The first-order chi connectivity index (χ1) is 7.29. The second-order valence-electron chi connectivity index (χ2n) is 4.86. The van der Waals surface area contributed by atoms with Gasteiger partial charge in [-0.15, -0.1) is 0 Å². The lowest BCUT2D eigenvalue weighted by molar-refractivity contribution is 0.109. The summed E-state index contributed by atoms with van der Waals surface area (Å²) in [7, 11) is 0. The minimum absolute atomic E-state index is 0.416. The molecule has 2 rings (SSSR count). The quantitative estimate of drug-likeness (QED) is 0.803. The van der Waals surface area contributed by atoms with Crippen LogP contribution in [0.5, 0.6) is 0 Å². The van der Waals surface area contributed by atoms with Crippen LogP contribution in [0.3, 0.4) is 0 Å². The number of nitrogens with one attached hydrogen (secondary N) is 1. The van der Waals surface area contributed by atoms with Crippen molar-refractivity contribution in [3.05, 3.63) is 0 Å². The topological polar surface area (TPSA) is 21.3 Å². The molecule has 3 heteroatoms. The maximum Gasteiger partial charge on any atom is 0.0700 e. The zero-order valence-corrected chi connectivity index (χ0v) is 10.7. The van der Waals surface area contributed by atoms with Crippen LogP contribution in [0.25, 0.3) is 0 Å². The van der Waals surface area contributed by atoms with Crippen molar-refractivity contribution >= 4 is 11.8 Å². The summed E-state index contributed by atoms with van der Waals surface area (Å²) in [5.74, 6) is 0. The Morgan fingerprint density at radius 2 is 2.13 bits per heavy atom. The molecule has 1 N–H and O–H groups in total. The molecule has 0 amide bonds. The van der Waals surface area contributed by atoms with Crippen molar-refractivity contribution in [3.63, 3.8) is 0 Å². The highest BCUT2D eigenvalue weighted by atomic mass is 32.2. The van der Waals surface area contributed by atoms with Crippen LogP contribution in [0.15, 0.2) is 0 Å². The van der Waals surface area contributed by atoms with E-state index in [0.717, 1.165) is 17.9 Å². The number of rotatable bonds is 3. The van der Waals surface area contributed by atoms with Gasteiger partial charge in [-0.1, -0.05) is 6.42 Å². The van der Waals surface area contributed by atoms with Gasteiger partial charge in [-0.25, -0.2) is 0 Å². The molecular formula is C12H23NOS. The zero-order chi connectivity index (χ0) is 10.7. The van der Waals surface area contributed by atoms with E-state index in [2.05, 4.69) is 18.5 Å². The van der Waals surface area contributed by atoms with Gasteiger partial charge < -0.3 is 10.1 Å². The molecule has 0 radical (unpaired) electrons. The molecule has 4 atom stereocenters. The Morgan fingerprint density at radius 3 is 2.80 bits per heavy atom. The third-order valence-corrected chi connectivity index (χ3v) is 4.88. The molecule has 2 nitrogen and oxygen atoms in total. The van der Waals surface area contributed by atoms with Crippen molar-refractivity contribution in [3.8, 4) is 0 Å². The van der Waals surface area contributed by atoms with Gasteiger partial charge in [0.15, 0.2) is 0 Å². The fourth-order valence-electron chi connectivity index (χ4n) is 2.76. The molecule has 0 aromatic heterocycles. The predicted octanol–water partition coefficient (Wildman–Crippen LogP) is 2.43. The molecule has 0 bridgehead atoms. The molecule has 0 aromatic carbocycles. The number of ether oxygens (including phenoxy) is 1. The van der Waals surface area contributed by atoms with Crippen molar-refractivity contribution < 1.29 is 4.74 Å². The van der Waals surface area contributed by atoms with E-state index in [0.29, 0.717) is 12.1 Å². The molecule has 0 aromatic rings. The average Bonchev–Trinajstić information content (AvgIpc) is 2.65. The highest BCUT2D eigenvalue weighted by Gasteiger charge is 2.28. The first-order valence-corrected chi connectivity index (χ1v) is 7.49. The molecule has 1 aliphatic heterocycles. The smallest absolute Gasteiger partial charge is 0.0700 e. The number of thioether (sulfide) groups is 1. The Labute approximate surface area is 97.5 Å². The fourth-order valence-corrected chi connectivity index (χ4v) is 3.59. The lowest BCUT2D eigenvalue weighted by atomic mass is 9.93. The summed E-state index contributed by atoms with van der Waals surface area (Å²) in [6.07, 6.45) is 9.38. The van der Waals surface area contributed by atoms with Crippen LogP contribution in [-0.2, 0) is 4.74 Å². The third-order valence-electron chi connectivity index (χ3n) is 3.79. The van der Waals surface area contributed by atoms with Gasteiger partial charge in [-0.3, -0.25) is 0 Å². The van der Waals surface area contributed by atoms with Crippen LogP contribution >= 0.6 is 11.8 Å². The Morgan fingerprint density at radius 1 is 1.27 bits per heavy atom. The normalized spacial score (nSPS) is 42.0. The zero-order valence-electron chi connectivity index (χ0n) is 9.87. The van der Waals surface area contributed by atoms with Crippen LogP contribution in [0, 0.1) is 0 Å². The minimum atomic E-state index is 0.416. The molecule has 0 spiro atoms. The highest BCUT2D eigenvalue weighted by Crippen LogP contribution is 2.28. The number of hydrogen-bond donors (Lipinski definition) is 1. The van der Waals surface area contributed by atoms with E-state index in [1.165, 1.54) is 32.1 Å². The first-order valence-electron chi connectivity index (χ1n) is 6.20. The minimum Gasteiger partial charge on any atom is -0.377 e. The maximum atomic E-state index is 5.59. The molecule has 88 valence electrons. The average molecular weight is 229 g/mol.